The Morgan fingerprint density at radius 1 is 1.24 bits per heavy atom. The molecule has 0 radical (unpaired) electrons. The Balaban J connectivity index is 2.01. The molecule has 0 spiro atoms. The first-order valence-electron chi connectivity index (χ1n) is 8.33. The van der Waals surface area contributed by atoms with Gasteiger partial charge in [0.2, 0.25) is 0 Å². The number of hydrogen-bond donors (Lipinski definition) is 1. The lowest BCUT2D eigenvalue weighted by molar-refractivity contribution is -0.0456. The van der Waals surface area contributed by atoms with Crippen molar-refractivity contribution in [2.75, 3.05) is 6.61 Å². The second kappa shape index (κ2) is 5.98. The zero-order valence-corrected chi connectivity index (χ0v) is 13.4. The lowest BCUT2D eigenvalue weighted by Gasteiger charge is -2.47. The van der Waals surface area contributed by atoms with Gasteiger partial charge < -0.3 is 9.84 Å². The molecule has 1 fully saturated rings. The first kappa shape index (κ1) is 14.9. The monoisotopic (exact) mass is 289 g/mol. The minimum atomic E-state index is -0.437. The van der Waals surface area contributed by atoms with Crippen molar-refractivity contribution in [1.82, 2.24) is 4.90 Å². The second-order valence-corrected chi connectivity index (χ2v) is 6.63. The molecule has 1 aromatic rings. The van der Waals surface area contributed by atoms with E-state index in [1.165, 1.54) is 30.4 Å². The molecular formula is C18H27NO2. The lowest BCUT2D eigenvalue weighted by Crippen LogP contribution is -2.51. The fourth-order valence-corrected chi connectivity index (χ4v) is 4.00. The average Bonchev–Trinajstić information content (AvgIpc) is 2.48. The molecule has 2 aliphatic rings. The number of aryl methyl sites for hydroxylation is 1. The number of ether oxygens (including phenoxy) is 1. The van der Waals surface area contributed by atoms with E-state index in [1.54, 1.807) is 0 Å². The van der Waals surface area contributed by atoms with E-state index < -0.39 is 6.10 Å². The molecular weight excluding hydrogens is 262 g/mol. The molecule has 0 saturated carbocycles. The number of aliphatic hydroxyl groups is 1. The average molecular weight is 289 g/mol. The highest BCUT2D eigenvalue weighted by atomic mass is 16.5. The first-order valence-corrected chi connectivity index (χ1v) is 8.33. The summed E-state index contributed by atoms with van der Waals surface area (Å²) in [7, 11) is 0. The molecule has 1 saturated heterocycles. The van der Waals surface area contributed by atoms with Crippen LogP contribution in [0.4, 0.5) is 0 Å². The Hall–Kier alpha value is -1.06. The minimum absolute atomic E-state index is 0.0746. The van der Waals surface area contributed by atoms with Crippen LogP contribution in [0.1, 0.15) is 57.2 Å². The quantitative estimate of drug-likeness (QED) is 0.906. The van der Waals surface area contributed by atoms with Crippen LogP contribution in [-0.4, -0.2) is 34.8 Å². The van der Waals surface area contributed by atoms with E-state index in [-0.39, 0.29) is 6.04 Å². The van der Waals surface area contributed by atoms with E-state index in [0.29, 0.717) is 18.7 Å². The van der Waals surface area contributed by atoms with Gasteiger partial charge in [-0.2, -0.15) is 0 Å². The Bertz CT molecular complexity index is 492. The Kier molecular flexibility index (Phi) is 4.23. The summed E-state index contributed by atoms with van der Waals surface area (Å²) in [6, 6.07) is 7.55. The van der Waals surface area contributed by atoms with Gasteiger partial charge in [-0.05, 0) is 44.7 Å². The fourth-order valence-electron chi connectivity index (χ4n) is 4.00. The van der Waals surface area contributed by atoms with E-state index in [2.05, 4.69) is 43.9 Å². The molecule has 0 aliphatic carbocycles. The van der Waals surface area contributed by atoms with Crippen molar-refractivity contribution < 1.29 is 9.84 Å². The van der Waals surface area contributed by atoms with Crippen LogP contribution < -0.4 is 4.74 Å². The Morgan fingerprint density at radius 2 is 1.95 bits per heavy atom. The van der Waals surface area contributed by atoms with E-state index in [0.717, 1.165) is 12.2 Å². The fraction of sp³-hybridized carbons (Fsp3) is 0.667. The van der Waals surface area contributed by atoms with Gasteiger partial charge in [0.15, 0.2) is 0 Å². The molecule has 4 atom stereocenters. The molecule has 4 unspecified atom stereocenters. The molecule has 2 aliphatic heterocycles. The van der Waals surface area contributed by atoms with Crippen molar-refractivity contribution in [3.05, 3.63) is 29.3 Å². The van der Waals surface area contributed by atoms with E-state index in [9.17, 15) is 5.11 Å². The maximum absolute atomic E-state index is 10.6. The van der Waals surface area contributed by atoms with Crippen molar-refractivity contribution in [3.8, 4) is 5.75 Å². The van der Waals surface area contributed by atoms with Crippen LogP contribution in [0.5, 0.6) is 5.75 Å². The van der Waals surface area contributed by atoms with E-state index in [1.807, 2.05) is 0 Å². The van der Waals surface area contributed by atoms with Crippen LogP contribution >= 0.6 is 0 Å². The first-order chi connectivity index (χ1) is 10.1. The number of piperidine rings is 1. The number of aliphatic hydroxyl groups excluding tert-OH is 1. The van der Waals surface area contributed by atoms with Crippen LogP contribution in [0.25, 0.3) is 0 Å². The molecule has 116 valence electrons. The summed E-state index contributed by atoms with van der Waals surface area (Å²) in [5.41, 5.74) is 2.49. The molecule has 3 rings (SSSR count). The van der Waals surface area contributed by atoms with Gasteiger partial charge >= 0.3 is 0 Å². The summed E-state index contributed by atoms with van der Waals surface area (Å²) in [4.78, 5) is 2.52. The zero-order valence-electron chi connectivity index (χ0n) is 13.4. The minimum Gasteiger partial charge on any atom is -0.490 e. The van der Waals surface area contributed by atoms with Crippen LogP contribution in [0.3, 0.4) is 0 Å². The van der Waals surface area contributed by atoms with Gasteiger partial charge in [0.1, 0.15) is 18.5 Å². The van der Waals surface area contributed by atoms with Gasteiger partial charge in [0.05, 0.1) is 6.04 Å². The van der Waals surface area contributed by atoms with E-state index in [4.69, 9.17) is 4.74 Å². The Labute approximate surface area is 127 Å². The number of benzene rings is 1. The SMILES string of the molecule is CCc1ccc2c(c1)C(N1C(C)CCCC1C)C(O)CO2. The molecule has 2 heterocycles. The summed E-state index contributed by atoms with van der Waals surface area (Å²) < 4.78 is 5.75. The molecule has 0 aromatic heterocycles. The number of hydrogen-bond acceptors (Lipinski definition) is 3. The summed E-state index contributed by atoms with van der Waals surface area (Å²) in [5, 5.41) is 10.6. The molecule has 0 amide bonds. The van der Waals surface area contributed by atoms with Gasteiger partial charge in [-0.15, -0.1) is 0 Å². The van der Waals surface area contributed by atoms with E-state index >= 15 is 0 Å². The highest BCUT2D eigenvalue weighted by Gasteiger charge is 2.39. The Morgan fingerprint density at radius 3 is 2.62 bits per heavy atom. The topological polar surface area (TPSA) is 32.7 Å². The smallest absolute Gasteiger partial charge is 0.124 e. The highest BCUT2D eigenvalue weighted by molar-refractivity contribution is 5.42. The summed E-state index contributed by atoms with van der Waals surface area (Å²) in [6.07, 6.45) is 4.31. The predicted molar refractivity (Wildman–Crippen MR) is 84.7 cm³/mol. The maximum Gasteiger partial charge on any atom is 0.124 e. The molecule has 0 bridgehead atoms. The predicted octanol–water partition coefficient (Wildman–Crippen LogP) is 3.31. The second-order valence-electron chi connectivity index (χ2n) is 6.63. The molecule has 3 heteroatoms. The normalized spacial score (nSPS) is 33.3. The van der Waals surface area contributed by atoms with Crippen molar-refractivity contribution in [2.45, 2.75) is 70.7 Å². The van der Waals surface area contributed by atoms with Gasteiger partial charge in [0.25, 0.3) is 0 Å². The van der Waals surface area contributed by atoms with Gasteiger partial charge in [-0.25, -0.2) is 0 Å². The number of likely N-dealkylation sites (tertiary alicyclic amines) is 1. The molecule has 21 heavy (non-hydrogen) atoms. The molecule has 3 nitrogen and oxygen atoms in total. The van der Waals surface area contributed by atoms with Crippen molar-refractivity contribution in [1.29, 1.82) is 0 Å². The number of fused-ring (bicyclic) bond motifs is 1. The maximum atomic E-state index is 10.6. The zero-order chi connectivity index (χ0) is 15.0. The molecule has 1 N–H and O–H groups in total. The summed E-state index contributed by atoms with van der Waals surface area (Å²) in [6.45, 7) is 7.16. The summed E-state index contributed by atoms with van der Waals surface area (Å²) in [5.74, 6) is 0.951. The third-order valence-corrected chi connectivity index (χ3v) is 5.16. The van der Waals surface area contributed by atoms with Gasteiger partial charge in [-0.3, -0.25) is 4.90 Å². The van der Waals surface area contributed by atoms with Crippen LogP contribution in [0.15, 0.2) is 18.2 Å². The third kappa shape index (κ3) is 2.69. The van der Waals surface area contributed by atoms with Crippen LogP contribution in [0, 0.1) is 0 Å². The lowest BCUT2D eigenvalue weighted by atomic mass is 9.88. The highest BCUT2D eigenvalue weighted by Crippen LogP contribution is 2.41. The van der Waals surface area contributed by atoms with Crippen molar-refractivity contribution >= 4 is 0 Å². The summed E-state index contributed by atoms with van der Waals surface area (Å²) >= 11 is 0. The largest absolute Gasteiger partial charge is 0.490 e. The van der Waals surface area contributed by atoms with Gasteiger partial charge in [-0.1, -0.05) is 25.5 Å². The van der Waals surface area contributed by atoms with Crippen LogP contribution in [-0.2, 0) is 6.42 Å². The van der Waals surface area contributed by atoms with Crippen molar-refractivity contribution in [3.63, 3.8) is 0 Å². The van der Waals surface area contributed by atoms with Crippen molar-refractivity contribution in [2.24, 2.45) is 0 Å². The van der Waals surface area contributed by atoms with Crippen LogP contribution in [0.2, 0.25) is 0 Å². The number of nitrogens with zero attached hydrogens (tertiary/aromatic N) is 1. The molecule has 1 aromatic carbocycles. The third-order valence-electron chi connectivity index (χ3n) is 5.16. The number of rotatable bonds is 2. The standard InChI is InChI=1S/C18H27NO2/c1-4-14-8-9-17-15(10-14)18(16(20)11-21-17)19-12(2)6-5-7-13(19)3/h8-10,12-13,16,18,20H,4-7,11H2,1-3H3. The van der Waals surface area contributed by atoms with Gasteiger partial charge in [0, 0.05) is 17.6 Å².